The topological polar surface area (TPSA) is 55.3 Å². The average molecular weight is 416 g/mol. The highest BCUT2D eigenvalue weighted by molar-refractivity contribution is 7.18. The van der Waals surface area contributed by atoms with E-state index in [9.17, 15) is 4.79 Å². The summed E-state index contributed by atoms with van der Waals surface area (Å²) in [7, 11) is 1.65. The number of unbranched alkanes of at least 4 members (excludes halogenated alkanes) is 1. The summed E-state index contributed by atoms with van der Waals surface area (Å²) in [6.07, 6.45) is 1.84. The molecule has 0 aliphatic rings. The maximum Gasteiger partial charge on any atom is 0.261 e. The number of aryl methyl sites for hydroxylation is 1. The van der Waals surface area contributed by atoms with Gasteiger partial charge in [-0.15, -0.1) is 10.2 Å². The Morgan fingerprint density at radius 3 is 2.68 bits per heavy atom. The number of hydrogen-bond donors (Lipinski definition) is 0. The Morgan fingerprint density at radius 2 is 2.00 bits per heavy atom. The summed E-state index contributed by atoms with van der Waals surface area (Å²) < 4.78 is 5.32. The fraction of sp³-hybridized carbons (Fsp3) is 0.286. The van der Waals surface area contributed by atoms with Gasteiger partial charge >= 0.3 is 0 Å². The number of halogens is 1. The minimum Gasteiger partial charge on any atom is -0.496 e. The molecule has 0 spiro atoms. The van der Waals surface area contributed by atoms with E-state index in [4.69, 9.17) is 16.3 Å². The number of amides is 1. The Morgan fingerprint density at radius 1 is 1.21 bits per heavy atom. The molecule has 28 heavy (non-hydrogen) atoms. The van der Waals surface area contributed by atoms with Crippen LogP contribution in [-0.4, -0.2) is 29.8 Å². The number of methoxy groups -OCH3 is 1. The number of carbonyl (C=O) groups is 1. The number of aromatic nitrogens is 2. The van der Waals surface area contributed by atoms with E-state index in [1.165, 1.54) is 11.3 Å². The summed E-state index contributed by atoms with van der Waals surface area (Å²) in [5.74, 6) is 0.666. The first-order valence-corrected chi connectivity index (χ1v) is 10.3. The molecule has 0 aliphatic heterocycles. The Labute approximate surface area is 173 Å². The van der Waals surface area contributed by atoms with Gasteiger partial charge in [-0.1, -0.05) is 48.4 Å². The minimum atomic E-state index is -0.160. The van der Waals surface area contributed by atoms with E-state index in [1.807, 2.05) is 37.3 Å². The highest BCUT2D eigenvalue weighted by Gasteiger charge is 2.23. The lowest BCUT2D eigenvalue weighted by molar-refractivity contribution is 0.0986. The predicted molar refractivity (Wildman–Crippen MR) is 115 cm³/mol. The molecule has 146 valence electrons. The van der Waals surface area contributed by atoms with Crippen LogP contribution in [0.5, 0.6) is 5.75 Å². The van der Waals surface area contributed by atoms with E-state index in [2.05, 4.69) is 17.1 Å². The number of rotatable bonds is 7. The molecule has 0 N–H and O–H groups in total. The number of carbonyl (C=O) groups excluding carboxylic acids is 1. The second kappa shape index (κ2) is 9.17. The van der Waals surface area contributed by atoms with Crippen molar-refractivity contribution in [2.24, 2.45) is 0 Å². The van der Waals surface area contributed by atoms with Gasteiger partial charge < -0.3 is 4.74 Å². The van der Waals surface area contributed by atoms with Crippen LogP contribution < -0.4 is 9.64 Å². The van der Waals surface area contributed by atoms with Gasteiger partial charge in [-0.25, -0.2) is 0 Å². The Kier molecular flexibility index (Phi) is 6.65. The molecule has 0 atom stereocenters. The zero-order chi connectivity index (χ0) is 20.1. The fourth-order valence-electron chi connectivity index (χ4n) is 2.83. The van der Waals surface area contributed by atoms with Crippen molar-refractivity contribution in [3.05, 3.63) is 58.6 Å². The maximum atomic E-state index is 13.1. The van der Waals surface area contributed by atoms with Crippen LogP contribution in [0, 0.1) is 6.92 Å². The lowest BCUT2D eigenvalue weighted by Crippen LogP contribution is -2.32. The predicted octanol–water partition coefficient (Wildman–Crippen LogP) is 5.62. The van der Waals surface area contributed by atoms with Crippen LogP contribution in [0.25, 0.3) is 10.6 Å². The van der Waals surface area contributed by atoms with Crippen molar-refractivity contribution in [1.82, 2.24) is 10.2 Å². The first-order valence-electron chi connectivity index (χ1n) is 9.10. The van der Waals surface area contributed by atoms with E-state index in [0.29, 0.717) is 22.3 Å². The van der Waals surface area contributed by atoms with E-state index < -0.39 is 0 Å². The third kappa shape index (κ3) is 4.34. The number of nitrogens with zero attached hydrogens (tertiary/aromatic N) is 3. The average Bonchev–Trinajstić information content (AvgIpc) is 3.18. The summed E-state index contributed by atoms with van der Waals surface area (Å²) in [5, 5.41) is 10.4. The quantitative estimate of drug-likeness (QED) is 0.502. The summed E-state index contributed by atoms with van der Waals surface area (Å²) in [5.41, 5.74) is 2.44. The lowest BCUT2D eigenvalue weighted by atomic mass is 10.1. The van der Waals surface area contributed by atoms with Crippen molar-refractivity contribution in [3.63, 3.8) is 0 Å². The van der Waals surface area contributed by atoms with Crippen LogP contribution in [-0.2, 0) is 0 Å². The third-order valence-corrected chi connectivity index (χ3v) is 5.70. The number of hydrogen-bond acceptors (Lipinski definition) is 5. The van der Waals surface area contributed by atoms with E-state index >= 15 is 0 Å². The van der Waals surface area contributed by atoms with Crippen LogP contribution in [0.2, 0.25) is 5.02 Å². The first kappa shape index (κ1) is 20.3. The fourth-order valence-corrected chi connectivity index (χ4v) is 3.92. The molecule has 0 fully saturated rings. The molecule has 5 nitrogen and oxygen atoms in total. The first-order chi connectivity index (χ1) is 13.5. The molecule has 0 aliphatic carbocycles. The molecule has 7 heteroatoms. The highest BCUT2D eigenvalue weighted by Crippen LogP contribution is 2.32. The molecule has 0 unspecified atom stereocenters. The summed E-state index contributed by atoms with van der Waals surface area (Å²) >= 11 is 7.63. The standard InChI is InChI=1S/C21H22ClN3O2S/c1-4-5-12-25(20(26)16-8-6-7-9-17(16)22)21-24-23-19(28-21)15-10-11-18(27-3)14(2)13-15/h6-11,13H,4-5,12H2,1-3H3. The molecule has 0 saturated carbocycles. The van der Waals surface area contributed by atoms with Gasteiger partial charge in [0.15, 0.2) is 0 Å². The summed E-state index contributed by atoms with van der Waals surface area (Å²) in [4.78, 5) is 14.8. The van der Waals surface area contributed by atoms with E-state index in [-0.39, 0.29) is 5.91 Å². The maximum absolute atomic E-state index is 13.1. The van der Waals surface area contributed by atoms with E-state index in [1.54, 1.807) is 24.1 Å². The van der Waals surface area contributed by atoms with Gasteiger partial charge in [-0.05, 0) is 49.2 Å². The third-order valence-electron chi connectivity index (χ3n) is 4.37. The molecule has 1 heterocycles. The second-order valence-corrected chi connectivity index (χ2v) is 7.73. The van der Waals surface area contributed by atoms with Gasteiger partial charge in [0.2, 0.25) is 5.13 Å². The van der Waals surface area contributed by atoms with Gasteiger partial charge in [0.1, 0.15) is 10.8 Å². The summed E-state index contributed by atoms with van der Waals surface area (Å²) in [6, 6.07) is 12.9. The molecule has 1 aromatic heterocycles. The molecule has 1 amide bonds. The van der Waals surface area contributed by atoms with Crippen molar-refractivity contribution in [3.8, 4) is 16.3 Å². The van der Waals surface area contributed by atoms with Crippen molar-refractivity contribution >= 4 is 34.0 Å². The molecule has 2 aromatic carbocycles. The van der Waals surface area contributed by atoms with Crippen LogP contribution in [0.15, 0.2) is 42.5 Å². The van der Waals surface area contributed by atoms with Crippen molar-refractivity contribution < 1.29 is 9.53 Å². The highest BCUT2D eigenvalue weighted by atomic mass is 35.5. The second-order valence-electron chi connectivity index (χ2n) is 6.36. The Bertz CT molecular complexity index is 974. The Hall–Kier alpha value is -2.44. The molecule has 3 rings (SSSR count). The van der Waals surface area contributed by atoms with Gasteiger partial charge in [0, 0.05) is 12.1 Å². The van der Waals surface area contributed by atoms with Gasteiger partial charge in [-0.3, -0.25) is 9.69 Å². The SMILES string of the molecule is CCCCN(C(=O)c1ccccc1Cl)c1nnc(-c2ccc(OC)c(C)c2)s1. The molecule has 0 radical (unpaired) electrons. The largest absolute Gasteiger partial charge is 0.496 e. The van der Waals surface area contributed by atoms with Gasteiger partial charge in [0.25, 0.3) is 5.91 Å². The van der Waals surface area contributed by atoms with Crippen LogP contribution in [0.3, 0.4) is 0 Å². The molecule has 3 aromatic rings. The zero-order valence-electron chi connectivity index (χ0n) is 16.1. The number of ether oxygens (including phenoxy) is 1. The monoisotopic (exact) mass is 415 g/mol. The molecule has 0 bridgehead atoms. The van der Waals surface area contributed by atoms with Gasteiger partial charge in [0.05, 0.1) is 17.7 Å². The van der Waals surface area contributed by atoms with Crippen LogP contribution >= 0.6 is 22.9 Å². The van der Waals surface area contributed by atoms with Crippen LogP contribution in [0.1, 0.15) is 35.7 Å². The smallest absolute Gasteiger partial charge is 0.261 e. The number of anilines is 1. The lowest BCUT2D eigenvalue weighted by Gasteiger charge is -2.19. The van der Waals surface area contributed by atoms with E-state index in [0.717, 1.165) is 34.7 Å². The van der Waals surface area contributed by atoms with Crippen molar-refractivity contribution in [1.29, 1.82) is 0 Å². The van der Waals surface area contributed by atoms with Crippen molar-refractivity contribution in [2.45, 2.75) is 26.7 Å². The summed E-state index contributed by atoms with van der Waals surface area (Å²) in [6.45, 7) is 4.64. The number of benzene rings is 2. The Balaban J connectivity index is 1.93. The molecular formula is C21H22ClN3O2S. The normalized spacial score (nSPS) is 10.7. The zero-order valence-corrected chi connectivity index (χ0v) is 17.7. The minimum absolute atomic E-state index is 0.160. The van der Waals surface area contributed by atoms with Crippen molar-refractivity contribution in [2.75, 3.05) is 18.6 Å². The van der Waals surface area contributed by atoms with Crippen LogP contribution in [0.4, 0.5) is 5.13 Å². The van der Waals surface area contributed by atoms with Gasteiger partial charge in [-0.2, -0.15) is 0 Å². The molecular weight excluding hydrogens is 394 g/mol. The molecule has 0 saturated heterocycles.